The van der Waals surface area contributed by atoms with E-state index in [0.29, 0.717) is 17.1 Å². The molecule has 5 rings (SSSR count). The van der Waals surface area contributed by atoms with Gasteiger partial charge in [0.05, 0.1) is 24.4 Å². The molecule has 3 saturated carbocycles. The minimum atomic E-state index is -0.169. The van der Waals surface area contributed by atoms with E-state index in [1.807, 2.05) is 14.0 Å². The molecule has 1 aliphatic heterocycles. The zero-order chi connectivity index (χ0) is 24.3. The largest absolute Gasteiger partial charge is 0.380 e. The first-order valence-electron chi connectivity index (χ1n) is 13.9. The Balaban J connectivity index is 1.24. The summed E-state index contributed by atoms with van der Waals surface area (Å²) in [5.74, 6) is 2.78. The van der Waals surface area contributed by atoms with Crippen LogP contribution in [-0.2, 0) is 19.0 Å². The van der Waals surface area contributed by atoms with Crippen molar-refractivity contribution in [3.05, 3.63) is 11.6 Å². The summed E-state index contributed by atoms with van der Waals surface area (Å²) >= 11 is 0. The molecule has 0 bridgehead atoms. The number of rotatable bonds is 5. The molecule has 5 aliphatic rings. The van der Waals surface area contributed by atoms with Gasteiger partial charge in [-0.2, -0.15) is 0 Å². The molecule has 0 unspecified atom stereocenters. The van der Waals surface area contributed by atoms with E-state index in [4.69, 9.17) is 14.2 Å². The molecule has 0 spiro atoms. The molecular weight excluding hydrogens is 426 g/mol. The van der Waals surface area contributed by atoms with Gasteiger partial charge in [0.2, 0.25) is 0 Å². The summed E-state index contributed by atoms with van der Waals surface area (Å²) in [4.78, 5) is 12.4. The van der Waals surface area contributed by atoms with Gasteiger partial charge in [0.15, 0.2) is 6.29 Å². The molecule has 5 nitrogen and oxygen atoms in total. The number of allylic oxidation sites excluding steroid dienone is 2. The van der Waals surface area contributed by atoms with Crippen molar-refractivity contribution in [1.29, 1.82) is 0 Å². The van der Waals surface area contributed by atoms with Gasteiger partial charge in [-0.25, -0.2) is 0 Å². The number of nitrogens with one attached hydrogen (secondary N) is 1. The molecule has 11 atom stereocenters. The topological polar surface area (TPSA) is 56.8 Å². The fraction of sp³-hybridized carbons (Fsp3) is 0.897. The number of ether oxygens (including phenoxy) is 3. The lowest BCUT2D eigenvalue weighted by Crippen LogP contribution is -2.56. The molecule has 4 aliphatic carbocycles. The van der Waals surface area contributed by atoms with Gasteiger partial charge in [-0.1, -0.05) is 25.5 Å². The molecule has 0 aromatic heterocycles. The van der Waals surface area contributed by atoms with E-state index in [2.05, 4.69) is 32.2 Å². The molecule has 5 heteroatoms. The smallest absolute Gasteiger partial charge is 0.160 e. The van der Waals surface area contributed by atoms with Crippen molar-refractivity contribution >= 4 is 5.78 Å². The monoisotopic (exact) mass is 473 g/mol. The second-order valence-electron chi connectivity index (χ2n) is 12.6. The van der Waals surface area contributed by atoms with Gasteiger partial charge < -0.3 is 19.5 Å². The first-order valence-corrected chi connectivity index (χ1v) is 13.9. The predicted octanol–water partition coefficient (Wildman–Crippen LogP) is 5.28. The zero-order valence-electron chi connectivity index (χ0n) is 22.3. The van der Waals surface area contributed by atoms with Crippen LogP contribution in [0.5, 0.6) is 0 Å². The van der Waals surface area contributed by atoms with Gasteiger partial charge in [0, 0.05) is 19.4 Å². The number of ketones is 1. The van der Waals surface area contributed by atoms with Crippen molar-refractivity contribution in [3.8, 4) is 0 Å². The van der Waals surface area contributed by atoms with E-state index in [9.17, 15) is 4.79 Å². The lowest BCUT2D eigenvalue weighted by molar-refractivity contribution is -0.251. The predicted molar refractivity (Wildman–Crippen MR) is 133 cm³/mol. The number of hydrogen-bond acceptors (Lipinski definition) is 5. The first-order chi connectivity index (χ1) is 16.2. The highest BCUT2D eigenvalue weighted by Gasteiger charge is 2.58. The van der Waals surface area contributed by atoms with Crippen LogP contribution in [0.15, 0.2) is 11.6 Å². The Hall–Kier alpha value is -0.750. The molecular formula is C29H47NO4. The maximum absolute atomic E-state index is 12.4. The summed E-state index contributed by atoms with van der Waals surface area (Å²) in [5.41, 5.74) is 2.16. The Morgan fingerprint density at radius 2 is 1.94 bits per heavy atom. The van der Waals surface area contributed by atoms with Gasteiger partial charge in [0.25, 0.3) is 0 Å². The lowest BCUT2D eigenvalue weighted by atomic mass is 9.46. The third kappa shape index (κ3) is 3.93. The minimum absolute atomic E-state index is 0.0769. The van der Waals surface area contributed by atoms with Crippen molar-refractivity contribution in [1.82, 2.24) is 5.32 Å². The van der Waals surface area contributed by atoms with E-state index in [1.165, 1.54) is 32.1 Å². The van der Waals surface area contributed by atoms with E-state index >= 15 is 0 Å². The number of fused-ring (bicyclic) bond motifs is 5. The van der Waals surface area contributed by atoms with Crippen LogP contribution in [0.1, 0.15) is 85.5 Å². The average molecular weight is 474 g/mol. The Bertz CT molecular complexity index is 812. The van der Waals surface area contributed by atoms with E-state index in [1.54, 1.807) is 12.7 Å². The highest BCUT2D eigenvalue weighted by Crippen LogP contribution is 2.66. The van der Waals surface area contributed by atoms with Gasteiger partial charge in [-0.15, -0.1) is 0 Å². The molecule has 0 radical (unpaired) electrons. The van der Waals surface area contributed by atoms with E-state index < -0.39 is 0 Å². The van der Waals surface area contributed by atoms with Crippen LogP contribution in [0.2, 0.25) is 0 Å². The van der Waals surface area contributed by atoms with Crippen LogP contribution >= 0.6 is 0 Å². The summed E-state index contributed by atoms with van der Waals surface area (Å²) in [6, 6.07) is 0.208. The second-order valence-corrected chi connectivity index (χ2v) is 12.6. The van der Waals surface area contributed by atoms with Crippen molar-refractivity contribution in [2.45, 2.75) is 116 Å². The van der Waals surface area contributed by atoms with Crippen LogP contribution in [0, 0.1) is 34.5 Å². The fourth-order valence-corrected chi connectivity index (χ4v) is 9.27. The zero-order valence-corrected chi connectivity index (χ0v) is 22.3. The van der Waals surface area contributed by atoms with Crippen LogP contribution in [0.25, 0.3) is 0 Å². The summed E-state index contributed by atoms with van der Waals surface area (Å²) in [7, 11) is 3.77. The van der Waals surface area contributed by atoms with Crippen LogP contribution < -0.4 is 5.32 Å². The quantitative estimate of drug-likeness (QED) is 0.435. The minimum Gasteiger partial charge on any atom is -0.380 e. The summed E-state index contributed by atoms with van der Waals surface area (Å²) in [5, 5.41) is 3.35. The molecule has 1 N–H and O–H groups in total. The van der Waals surface area contributed by atoms with Crippen molar-refractivity contribution < 1.29 is 19.0 Å². The SMILES string of the molecule is CN[C@H]1[C@H](C)O[C@H](O[C@@H]2CC[C@]3(C)[C@@H](CC[C@@H]4C5=CC[C@H](C(C)=O)[C@]5(C)CC[C@@H]43)C2)C[C@H]1OC. The highest BCUT2D eigenvalue weighted by atomic mass is 16.7. The number of hydrogen-bond donors (Lipinski definition) is 1. The summed E-state index contributed by atoms with van der Waals surface area (Å²) < 4.78 is 18.6. The molecule has 4 fully saturated rings. The average Bonchev–Trinajstić information content (AvgIpc) is 3.16. The molecule has 1 saturated heterocycles. The molecule has 0 aromatic rings. The van der Waals surface area contributed by atoms with Gasteiger partial charge >= 0.3 is 0 Å². The maximum atomic E-state index is 12.4. The van der Waals surface area contributed by atoms with Crippen molar-refractivity contribution in [3.63, 3.8) is 0 Å². The Labute approximate surface area is 206 Å². The van der Waals surface area contributed by atoms with Crippen molar-refractivity contribution in [2.75, 3.05) is 14.2 Å². The van der Waals surface area contributed by atoms with Crippen LogP contribution in [0.3, 0.4) is 0 Å². The summed E-state index contributed by atoms with van der Waals surface area (Å²) in [6.07, 6.45) is 13.1. The Morgan fingerprint density at radius 1 is 1.15 bits per heavy atom. The molecule has 1 heterocycles. The third-order valence-corrected chi connectivity index (χ3v) is 11.2. The molecule has 34 heavy (non-hydrogen) atoms. The lowest BCUT2D eigenvalue weighted by Gasteiger charge is -2.59. The van der Waals surface area contributed by atoms with Gasteiger partial charge in [-0.3, -0.25) is 4.79 Å². The standard InChI is InChI=1S/C29H47NO4/c1-17(31)22-9-10-23-21-8-7-19-15-20(11-13-28(19,3)24(21)12-14-29(22,23)4)34-26-16-25(32-6)27(30-5)18(2)33-26/h10,18-22,24-27,30H,7-9,11-16H2,1-6H3/t18-,19-,20+,21+,22+,24-,25+,26+,27-,28+,29-/m0/s1. The molecule has 0 aromatic carbocycles. The van der Waals surface area contributed by atoms with Crippen LogP contribution in [-0.4, -0.2) is 50.6 Å². The highest BCUT2D eigenvalue weighted by molar-refractivity contribution is 5.80. The van der Waals surface area contributed by atoms with Crippen LogP contribution in [0.4, 0.5) is 0 Å². The number of likely N-dealkylation sites (N-methyl/N-ethyl adjacent to an activating group) is 1. The maximum Gasteiger partial charge on any atom is 0.160 e. The van der Waals surface area contributed by atoms with E-state index in [0.717, 1.165) is 37.5 Å². The van der Waals surface area contributed by atoms with E-state index in [-0.39, 0.29) is 42.0 Å². The number of Topliss-reactive ketones (excluding diaryl/α,β-unsaturated/α-hetero) is 1. The van der Waals surface area contributed by atoms with Gasteiger partial charge in [-0.05, 0) is 101 Å². The first kappa shape index (κ1) is 24.9. The second kappa shape index (κ2) is 9.28. The Morgan fingerprint density at radius 3 is 2.65 bits per heavy atom. The number of methoxy groups -OCH3 is 1. The van der Waals surface area contributed by atoms with Crippen molar-refractivity contribution in [2.24, 2.45) is 34.5 Å². The number of carbonyl (C=O) groups excluding carboxylic acids is 1. The molecule has 0 amide bonds. The molecule has 192 valence electrons. The Kier molecular flexibility index (Phi) is 6.80. The third-order valence-electron chi connectivity index (χ3n) is 11.2. The summed E-state index contributed by atoms with van der Waals surface area (Å²) in [6.45, 7) is 8.91. The van der Waals surface area contributed by atoms with Gasteiger partial charge in [0.1, 0.15) is 5.78 Å². The number of carbonyl (C=O) groups is 1. The fourth-order valence-electron chi connectivity index (χ4n) is 9.27. The normalized spacial score (nSPS) is 50.6.